The first-order valence-corrected chi connectivity index (χ1v) is 7.81. The molecule has 1 aromatic heterocycles. The molecular weight excluding hydrogens is 258 g/mol. The molecule has 0 saturated carbocycles. The number of aromatic nitrogens is 2. The lowest BCUT2D eigenvalue weighted by molar-refractivity contribution is 0.401. The van der Waals surface area contributed by atoms with E-state index in [1.165, 1.54) is 24.8 Å². The van der Waals surface area contributed by atoms with Gasteiger partial charge in [-0.1, -0.05) is 30.3 Å². The predicted molar refractivity (Wildman–Crippen MR) is 86.6 cm³/mol. The molecule has 3 heteroatoms. The van der Waals surface area contributed by atoms with Crippen LogP contribution in [0.4, 0.5) is 5.82 Å². The lowest BCUT2D eigenvalue weighted by atomic mass is 9.90. The maximum absolute atomic E-state index is 4.67. The van der Waals surface area contributed by atoms with Gasteiger partial charge in [0.15, 0.2) is 0 Å². The van der Waals surface area contributed by atoms with E-state index in [9.17, 15) is 0 Å². The van der Waals surface area contributed by atoms with Gasteiger partial charge in [0.05, 0.1) is 11.4 Å². The zero-order valence-electron chi connectivity index (χ0n) is 12.9. The number of aryl methyl sites for hydroxylation is 2. The minimum absolute atomic E-state index is 0.793. The molecule has 0 radical (unpaired) electrons. The van der Waals surface area contributed by atoms with Crippen LogP contribution < -0.4 is 4.90 Å². The Morgan fingerprint density at radius 2 is 1.81 bits per heavy atom. The fourth-order valence-electron chi connectivity index (χ4n) is 3.12. The summed E-state index contributed by atoms with van der Waals surface area (Å²) in [4.78, 5) is 11.5. The molecule has 1 aliphatic heterocycles. The molecule has 3 nitrogen and oxygen atoms in total. The second-order valence-electron chi connectivity index (χ2n) is 6.04. The largest absolute Gasteiger partial charge is 0.355 e. The number of piperidine rings is 1. The molecule has 1 aromatic carbocycles. The van der Waals surface area contributed by atoms with Crippen molar-refractivity contribution >= 4 is 5.82 Å². The number of anilines is 1. The van der Waals surface area contributed by atoms with E-state index in [1.54, 1.807) is 0 Å². The smallest absolute Gasteiger partial charge is 0.150 e. The van der Waals surface area contributed by atoms with E-state index in [1.807, 2.05) is 13.1 Å². The van der Waals surface area contributed by atoms with Crippen molar-refractivity contribution in [2.24, 2.45) is 5.92 Å². The van der Waals surface area contributed by atoms with Crippen molar-refractivity contribution < 1.29 is 0 Å². The molecule has 110 valence electrons. The van der Waals surface area contributed by atoms with Gasteiger partial charge in [0.25, 0.3) is 0 Å². The SMILES string of the molecule is Cc1cnc(C)c(N2CCC(Cc3ccccc3)CC2)n1. The molecule has 0 unspecified atom stereocenters. The second-order valence-corrected chi connectivity index (χ2v) is 6.04. The van der Waals surface area contributed by atoms with Gasteiger partial charge in [-0.3, -0.25) is 4.98 Å². The van der Waals surface area contributed by atoms with Crippen molar-refractivity contribution in [3.05, 3.63) is 53.5 Å². The second kappa shape index (κ2) is 6.25. The number of benzene rings is 1. The Morgan fingerprint density at radius 3 is 2.52 bits per heavy atom. The van der Waals surface area contributed by atoms with Crippen LogP contribution in [0.15, 0.2) is 36.5 Å². The minimum atomic E-state index is 0.793. The van der Waals surface area contributed by atoms with Gasteiger partial charge in [-0.15, -0.1) is 0 Å². The molecule has 0 bridgehead atoms. The van der Waals surface area contributed by atoms with Gasteiger partial charge in [-0.2, -0.15) is 0 Å². The Kier molecular flexibility index (Phi) is 4.18. The monoisotopic (exact) mass is 281 g/mol. The third-order valence-electron chi connectivity index (χ3n) is 4.33. The van der Waals surface area contributed by atoms with Crippen molar-refractivity contribution in [3.63, 3.8) is 0 Å². The van der Waals surface area contributed by atoms with Crippen LogP contribution in [0.25, 0.3) is 0 Å². The molecule has 21 heavy (non-hydrogen) atoms. The highest BCUT2D eigenvalue weighted by Crippen LogP contribution is 2.26. The highest BCUT2D eigenvalue weighted by molar-refractivity contribution is 5.43. The van der Waals surface area contributed by atoms with E-state index in [-0.39, 0.29) is 0 Å². The van der Waals surface area contributed by atoms with Gasteiger partial charge in [-0.05, 0) is 44.6 Å². The van der Waals surface area contributed by atoms with Gasteiger partial charge in [0.1, 0.15) is 5.82 Å². The summed E-state index contributed by atoms with van der Waals surface area (Å²) in [6.45, 7) is 6.25. The van der Waals surface area contributed by atoms with Gasteiger partial charge in [0, 0.05) is 19.3 Å². The molecule has 1 fully saturated rings. The lowest BCUT2D eigenvalue weighted by Crippen LogP contribution is -2.35. The van der Waals surface area contributed by atoms with Crippen molar-refractivity contribution in [2.45, 2.75) is 33.1 Å². The first-order valence-electron chi connectivity index (χ1n) is 7.81. The van der Waals surface area contributed by atoms with Gasteiger partial charge in [-0.25, -0.2) is 4.98 Å². The van der Waals surface area contributed by atoms with Crippen LogP contribution >= 0.6 is 0 Å². The van der Waals surface area contributed by atoms with Crippen molar-refractivity contribution in [3.8, 4) is 0 Å². The zero-order valence-corrected chi connectivity index (χ0v) is 12.9. The summed E-state index contributed by atoms with van der Waals surface area (Å²) in [5, 5.41) is 0. The molecule has 0 N–H and O–H groups in total. The highest BCUT2D eigenvalue weighted by Gasteiger charge is 2.21. The zero-order chi connectivity index (χ0) is 14.7. The molecule has 0 atom stereocenters. The van der Waals surface area contributed by atoms with Crippen LogP contribution in [0, 0.1) is 19.8 Å². The van der Waals surface area contributed by atoms with Crippen molar-refractivity contribution in [1.29, 1.82) is 0 Å². The van der Waals surface area contributed by atoms with Gasteiger partial charge >= 0.3 is 0 Å². The first-order chi connectivity index (χ1) is 10.2. The summed E-state index contributed by atoms with van der Waals surface area (Å²) < 4.78 is 0. The average Bonchev–Trinajstić information content (AvgIpc) is 2.52. The molecule has 0 spiro atoms. The molecule has 0 aliphatic carbocycles. The number of hydrogen-bond donors (Lipinski definition) is 0. The maximum Gasteiger partial charge on any atom is 0.150 e. The Hall–Kier alpha value is -1.90. The topological polar surface area (TPSA) is 29.0 Å². The molecule has 3 rings (SSSR count). The Bertz CT molecular complexity index is 587. The molecule has 1 saturated heterocycles. The minimum Gasteiger partial charge on any atom is -0.355 e. The van der Waals surface area contributed by atoms with Gasteiger partial charge in [0.2, 0.25) is 0 Å². The molecule has 0 amide bonds. The first kappa shape index (κ1) is 14.1. The van der Waals surface area contributed by atoms with Crippen LogP contribution in [-0.4, -0.2) is 23.1 Å². The maximum atomic E-state index is 4.67. The highest BCUT2D eigenvalue weighted by atomic mass is 15.2. The Labute approximate surface area is 127 Å². The predicted octanol–water partition coefficient (Wildman–Crippen LogP) is 3.55. The molecule has 2 heterocycles. The van der Waals surface area contributed by atoms with Crippen LogP contribution in [0.2, 0.25) is 0 Å². The summed E-state index contributed by atoms with van der Waals surface area (Å²) in [6, 6.07) is 10.8. The third kappa shape index (κ3) is 3.41. The standard InChI is InChI=1S/C18H23N3/c1-14-13-19-15(2)18(20-14)21-10-8-17(9-11-21)12-16-6-4-3-5-7-16/h3-7,13,17H,8-12H2,1-2H3. The van der Waals surface area contributed by atoms with Crippen LogP contribution in [0.5, 0.6) is 0 Å². The van der Waals surface area contributed by atoms with E-state index in [2.05, 4.69) is 52.1 Å². The number of nitrogens with zero attached hydrogens (tertiary/aromatic N) is 3. The van der Waals surface area contributed by atoms with E-state index in [4.69, 9.17) is 0 Å². The third-order valence-corrected chi connectivity index (χ3v) is 4.33. The molecule has 2 aromatic rings. The normalized spacial score (nSPS) is 16.2. The fourth-order valence-corrected chi connectivity index (χ4v) is 3.12. The summed E-state index contributed by atoms with van der Waals surface area (Å²) in [6.07, 6.45) is 5.53. The van der Waals surface area contributed by atoms with Gasteiger partial charge < -0.3 is 4.90 Å². The number of hydrogen-bond acceptors (Lipinski definition) is 3. The lowest BCUT2D eigenvalue weighted by Gasteiger charge is -2.33. The number of rotatable bonds is 3. The average molecular weight is 281 g/mol. The van der Waals surface area contributed by atoms with Crippen molar-refractivity contribution in [2.75, 3.05) is 18.0 Å². The van der Waals surface area contributed by atoms with E-state index in [0.717, 1.165) is 36.2 Å². The summed E-state index contributed by atoms with van der Waals surface area (Å²) in [5.41, 5.74) is 3.51. The molecule has 1 aliphatic rings. The summed E-state index contributed by atoms with van der Waals surface area (Å²) in [5.74, 6) is 1.87. The summed E-state index contributed by atoms with van der Waals surface area (Å²) >= 11 is 0. The van der Waals surface area contributed by atoms with Crippen LogP contribution in [0.1, 0.15) is 29.8 Å². The van der Waals surface area contributed by atoms with Crippen molar-refractivity contribution in [1.82, 2.24) is 9.97 Å². The van der Waals surface area contributed by atoms with Crippen LogP contribution in [-0.2, 0) is 6.42 Å². The Morgan fingerprint density at radius 1 is 1.10 bits per heavy atom. The fraction of sp³-hybridized carbons (Fsp3) is 0.444. The Balaban J connectivity index is 1.61. The summed E-state index contributed by atoms with van der Waals surface area (Å²) in [7, 11) is 0. The van der Waals surface area contributed by atoms with E-state index in [0.29, 0.717) is 0 Å². The quantitative estimate of drug-likeness (QED) is 0.861. The van der Waals surface area contributed by atoms with E-state index >= 15 is 0 Å². The van der Waals surface area contributed by atoms with E-state index < -0.39 is 0 Å². The molecular formula is C18H23N3. The van der Waals surface area contributed by atoms with Crippen LogP contribution in [0.3, 0.4) is 0 Å².